The Morgan fingerprint density at radius 2 is 1.44 bits per heavy atom. The molecule has 9 heteroatoms. The van der Waals surface area contributed by atoms with Crippen LogP contribution in [0.25, 0.3) is 22.2 Å². The second kappa shape index (κ2) is 10.5. The van der Waals surface area contributed by atoms with Crippen LogP contribution >= 0.6 is 11.6 Å². The van der Waals surface area contributed by atoms with E-state index in [1.165, 1.54) is 0 Å². The van der Waals surface area contributed by atoms with Crippen molar-refractivity contribution in [3.8, 4) is 0 Å². The lowest BCUT2D eigenvalue weighted by Gasteiger charge is -2.20. The van der Waals surface area contributed by atoms with Crippen molar-refractivity contribution >= 4 is 55.4 Å². The van der Waals surface area contributed by atoms with Gasteiger partial charge in [0.25, 0.3) is 5.91 Å². The van der Waals surface area contributed by atoms with Gasteiger partial charge in [0.05, 0.1) is 32.6 Å². The number of sulfone groups is 1. The summed E-state index contributed by atoms with van der Waals surface area (Å²) in [4.78, 5) is 23.3. The van der Waals surface area contributed by atoms with Gasteiger partial charge in [-0.15, -0.1) is 0 Å². The minimum atomic E-state index is -4.19. The average Bonchev–Trinajstić information content (AvgIpc) is 3.29. The number of nitrogens with zero attached hydrogens (tertiary/aromatic N) is 3. The molecule has 1 amide bonds. The topological polar surface area (TPSA) is 94.0 Å². The summed E-state index contributed by atoms with van der Waals surface area (Å²) < 4.78 is 30.6. The molecule has 2 heterocycles. The normalized spacial score (nSPS) is 12.5. The van der Waals surface area contributed by atoms with Crippen molar-refractivity contribution in [2.75, 3.05) is 5.32 Å². The van der Waals surface area contributed by atoms with E-state index in [-0.39, 0.29) is 31.7 Å². The Kier molecular flexibility index (Phi) is 6.81. The Labute approximate surface area is 242 Å². The first kappa shape index (κ1) is 26.7. The number of carbonyl (C=O) groups excluding carboxylic acids is 1. The molecule has 2 aromatic heterocycles. The number of fused-ring (bicyclic) bond motifs is 2. The Hall–Kier alpha value is -4.53. The van der Waals surface area contributed by atoms with Gasteiger partial charge in [0, 0.05) is 0 Å². The molecular formula is C32H25ClN4O3S. The zero-order valence-corrected chi connectivity index (χ0v) is 23.8. The molecule has 6 rings (SSSR count). The highest BCUT2D eigenvalue weighted by atomic mass is 35.5. The predicted molar refractivity (Wildman–Crippen MR) is 161 cm³/mol. The molecule has 6 aromatic rings. The van der Waals surface area contributed by atoms with E-state index in [4.69, 9.17) is 21.6 Å². The van der Waals surface area contributed by atoms with Gasteiger partial charge in [-0.2, -0.15) is 0 Å². The van der Waals surface area contributed by atoms with E-state index in [9.17, 15) is 13.2 Å². The number of aryl methyl sites for hydroxylation is 1. The zero-order chi connectivity index (χ0) is 28.7. The van der Waals surface area contributed by atoms with E-state index < -0.39 is 21.8 Å². The summed E-state index contributed by atoms with van der Waals surface area (Å²) in [5.74, 6) is -0.484. The number of rotatable bonds is 6. The van der Waals surface area contributed by atoms with Gasteiger partial charge < -0.3 is 9.88 Å². The molecule has 0 aliphatic heterocycles. The van der Waals surface area contributed by atoms with Gasteiger partial charge in [-0.25, -0.2) is 18.4 Å². The van der Waals surface area contributed by atoms with Crippen molar-refractivity contribution in [3.63, 3.8) is 0 Å². The molecule has 0 bridgehead atoms. The third-order valence-electron chi connectivity index (χ3n) is 7.07. The van der Waals surface area contributed by atoms with E-state index in [2.05, 4.69) is 5.32 Å². The van der Waals surface area contributed by atoms with Crippen molar-refractivity contribution in [1.29, 1.82) is 0 Å². The number of aromatic nitrogens is 3. The summed E-state index contributed by atoms with van der Waals surface area (Å²) in [6.07, 6.45) is 0. The fraction of sp³-hybridized carbons (Fsp3) is 0.0938. The summed E-state index contributed by atoms with van der Waals surface area (Å²) in [7, 11) is -4.19. The lowest BCUT2D eigenvalue weighted by Crippen LogP contribution is -2.20. The maximum Gasteiger partial charge on any atom is 0.258 e. The number of hydrogen-bond donors (Lipinski definition) is 1. The van der Waals surface area contributed by atoms with E-state index in [1.807, 2.05) is 62.4 Å². The minimum Gasteiger partial charge on any atom is -0.307 e. The highest BCUT2D eigenvalue weighted by molar-refractivity contribution is 7.92. The number of hydrogen-bond acceptors (Lipinski definition) is 5. The maximum absolute atomic E-state index is 14.4. The van der Waals surface area contributed by atoms with Crippen molar-refractivity contribution in [1.82, 2.24) is 14.5 Å². The van der Waals surface area contributed by atoms with Crippen LogP contribution in [0, 0.1) is 6.92 Å². The molecule has 0 saturated heterocycles. The van der Waals surface area contributed by atoms with Gasteiger partial charge in [-0.1, -0.05) is 83.9 Å². The number of carbonyl (C=O) groups is 1. The van der Waals surface area contributed by atoms with E-state index >= 15 is 0 Å². The van der Waals surface area contributed by atoms with Crippen LogP contribution < -0.4 is 5.32 Å². The van der Waals surface area contributed by atoms with Crippen LogP contribution in [0.15, 0.2) is 113 Å². The lowest BCUT2D eigenvalue weighted by atomic mass is 10.1. The quantitative estimate of drug-likeness (QED) is 0.224. The molecule has 4 aromatic carbocycles. The predicted octanol–water partition coefficient (Wildman–Crippen LogP) is 7.24. The van der Waals surface area contributed by atoms with Crippen LogP contribution in [-0.2, 0) is 9.84 Å². The van der Waals surface area contributed by atoms with Gasteiger partial charge in [0.2, 0.25) is 9.84 Å². The summed E-state index contributed by atoms with van der Waals surface area (Å²) in [6.45, 7) is 3.82. The van der Waals surface area contributed by atoms with E-state index in [0.717, 1.165) is 11.1 Å². The molecule has 0 spiro atoms. The van der Waals surface area contributed by atoms with Crippen LogP contribution in [0.1, 0.15) is 34.5 Å². The molecule has 41 heavy (non-hydrogen) atoms. The monoisotopic (exact) mass is 580 g/mol. The van der Waals surface area contributed by atoms with Crippen LogP contribution in [0.4, 0.5) is 5.82 Å². The fourth-order valence-corrected chi connectivity index (χ4v) is 6.67. The molecule has 0 saturated carbocycles. The van der Waals surface area contributed by atoms with Gasteiger partial charge >= 0.3 is 0 Å². The highest BCUT2D eigenvalue weighted by Crippen LogP contribution is 2.40. The highest BCUT2D eigenvalue weighted by Gasteiger charge is 2.34. The number of para-hydroxylation sites is 2. The molecule has 1 unspecified atom stereocenters. The molecule has 7 nitrogen and oxygen atoms in total. The number of anilines is 1. The molecular weight excluding hydrogens is 556 g/mol. The number of nitrogens with one attached hydrogen (secondary N) is 1. The molecule has 204 valence electrons. The average molecular weight is 581 g/mol. The second-order valence-electron chi connectivity index (χ2n) is 9.77. The molecule has 1 N–H and O–H groups in total. The first-order valence-electron chi connectivity index (χ1n) is 13.0. The summed E-state index contributed by atoms with van der Waals surface area (Å²) in [5, 5.41) is 3.14. The molecule has 0 aliphatic rings. The smallest absolute Gasteiger partial charge is 0.258 e. The molecule has 0 radical (unpaired) electrons. The number of halogens is 1. The lowest BCUT2D eigenvalue weighted by molar-refractivity contribution is 0.102. The summed E-state index contributed by atoms with van der Waals surface area (Å²) >= 11 is 6.36. The van der Waals surface area contributed by atoms with Gasteiger partial charge in [-0.3, -0.25) is 4.79 Å². The Morgan fingerprint density at radius 1 is 0.829 bits per heavy atom. The van der Waals surface area contributed by atoms with Gasteiger partial charge in [0.15, 0.2) is 5.65 Å². The molecule has 1 atom stereocenters. The van der Waals surface area contributed by atoms with Crippen molar-refractivity contribution in [2.45, 2.75) is 29.7 Å². The minimum absolute atomic E-state index is 0.0668. The van der Waals surface area contributed by atoms with Crippen molar-refractivity contribution in [2.24, 2.45) is 0 Å². The van der Waals surface area contributed by atoms with Gasteiger partial charge in [-0.05, 0) is 55.8 Å². The zero-order valence-electron chi connectivity index (χ0n) is 22.2. The Balaban J connectivity index is 1.71. The fourth-order valence-electron chi connectivity index (χ4n) is 4.92. The third-order valence-corrected chi connectivity index (χ3v) is 9.22. The van der Waals surface area contributed by atoms with Gasteiger partial charge in [0.1, 0.15) is 16.2 Å². The molecule has 0 fully saturated rings. The first-order valence-corrected chi connectivity index (χ1v) is 14.8. The molecule has 0 aliphatic carbocycles. The van der Waals surface area contributed by atoms with E-state index in [0.29, 0.717) is 16.7 Å². The third kappa shape index (κ3) is 4.75. The maximum atomic E-state index is 14.4. The van der Waals surface area contributed by atoms with Crippen LogP contribution in [0.5, 0.6) is 0 Å². The largest absolute Gasteiger partial charge is 0.307 e. The second-order valence-corrected chi connectivity index (χ2v) is 12.1. The van der Waals surface area contributed by atoms with Crippen LogP contribution in [0.2, 0.25) is 5.02 Å². The van der Waals surface area contributed by atoms with Crippen molar-refractivity contribution < 1.29 is 13.2 Å². The standard InChI is InChI=1S/C32H25ClN4O3S/c1-20-16-18-23(19-17-20)41(39,40)29-28-30(35-27-15-9-8-14-26(27)34-28)37(21(2)22-10-4-3-5-11-22)31(29)36-32(38)24-12-6-7-13-25(24)33/h3-19,21H,1-2H3,(H,36,38). The van der Waals surface area contributed by atoms with Crippen LogP contribution in [-0.4, -0.2) is 28.9 Å². The van der Waals surface area contributed by atoms with Crippen molar-refractivity contribution in [3.05, 3.63) is 125 Å². The summed E-state index contributed by atoms with van der Waals surface area (Å²) in [6, 6.07) is 29.7. The first-order chi connectivity index (χ1) is 19.8. The Bertz CT molecular complexity index is 2040. The summed E-state index contributed by atoms with van der Waals surface area (Å²) in [5.41, 5.74) is 3.66. The number of amides is 1. The van der Waals surface area contributed by atoms with Crippen LogP contribution in [0.3, 0.4) is 0 Å². The SMILES string of the molecule is Cc1ccc(S(=O)(=O)c2c(NC(=O)c3ccccc3Cl)n(C(C)c3ccccc3)c3nc4ccccc4nc23)cc1. The van der Waals surface area contributed by atoms with E-state index in [1.54, 1.807) is 59.2 Å². The number of benzene rings is 4. The Morgan fingerprint density at radius 3 is 2.12 bits per heavy atom.